The van der Waals surface area contributed by atoms with Crippen LogP contribution in [0.3, 0.4) is 0 Å². The van der Waals surface area contributed by atoms with E-state index in [1.54, 1.807) is 12.1 Å². The Bertz CT molecular complexity index is 965. The molecule has 0 saturated heterocycles. The van der Waals surface area contributed by atoms with Gasteiger partial charge in [0.1, 0.15) is 10.1 Å². The standard InChI is InChI=1S/C48H90O3S.Na/c1-2-3-4-5-6-7-8-9-10-11-12-13-14-15-16-17-18-19-20-21-22-23-24-25-26-27-28-29-30-31-32-33-34-35-36-37-38-39-40-41-44-47-45-42-43-46-48(47)52(49,50)51;/h42-43,45-46H,2-41,44H2,1H3,(H,49,50,51);/q;+1/p-1. The van der Waals surface area contributed by atoms with Gasteiger partial charge >= 0.3 is 29.6 Å². The summed E-state index contributed by atoms with van der Waals surface area (Å²) >= 11 is 0. The van der Waals surface area contributed by atoms with Gasteiger partial charge in [-0.15, -0.1) is 0 Å². The first kappa shape index (κ1) is 53.1. The molecule has 1 aromatic rings. The summed E-state index contributed by atoms with van der Waals surface area (Å²) in [5.41, 5.74) is 0.675. The van der Waals surface area contributed by atoms with Gasteiger partial charge in [0.25, 0.3) is 0 Å². The van der Waals surface area contributed by atoms with Crippen molar-refractivity contribution in [3.8, 4) is 0 Å². The van der Waals surface area contributed by atoms with Crippen molar-refractivity contribution < 1.29 is 42.5 Å². The molecule has 53 heavy (non-hydrogen) atoms. The largest absolute Gasteiger partial charge is 1.00 e. The van der Waals surface area contributed by atoms with Crippen molar-refractivity contribution in [2.45, 2.75) is 275 Å². The number of hydrogen-bond acceptors (Lipinski definition) is 3. The second kappa shape index (κ2) is 41.8. The Hall–Kier alpha value is 0.130. The third-order valence-electron chi connectivity index (χ3n) is 11.5. The normalized spacial score (nSPS) is 11.7. The van der Waals surface area contributed by atoms with Crippen LogP contribution in [0.1, 0.15) is 269 Å². The van der Waals surface area contributed by atoms with Crippen LogP contribution in [0.2, 0.25) is 0 Å². The predicted octanol–water partition coefficient (Wildman–Crippen LogP) is 13.8. The molecule has 0 amide bonds. The molecule has 1 rings (SSSR count). The van der Waals surface area contributed by atoms with Crippen LogP contribution >= 0.6 is 0 Å². The van der Waals surface area contributed by atoms with Gasteiger partial charge in [0.05, 0.1) is 4.90 Å². The molecule has 0 heterocycles. The van der Waals surface area contributed by atoms with E-state index in [4.69, 9.17) is 0 Å². The minimum Gasteiger partial charge on any atom is -0.744 e. The maximum Gasteiger partial charge on any atom is 1.00 e. The molecule has 0 spiro atoms. The molecule has 1 aromatic carbocycles. The maximum absolute atomic E-state index is 11.4. The Balaban J connectivity index is 0.0000270. The smallest absolute Gasteiger partial charge is 0.744 e. The van der Waals surface area contributed by atoms with Gasteiger partial charge in [0.2, 0.25) is 0 Å². The number of rotatable bonds is 42. The topological polar surface area (TPSA) is 57.2 Å². The van der Waals surface area contributed by atoms with E-state index < -0.39 is 10.1 Å². The minimum atomic E-state index is -4.37. The van der Waals surface area contributed by atoms with Gasteiger partial charge in [-0.25, -0.2) is 8.42 Å². The number of unbranched alkanes of at least 4 members (excludes halogenated alkanes) is 39. The van der Waals surface area contributed by atoms with E-state index in [0.29, 0.717) is 12.0 Å². The van der Waals surface area contributed by atoms with Crippen LogP contribution < -0.4 is 29.6 Å². The van der Waals surface area contributed by atoms with Gasteiger partial charge in [-0.3, -0.25) is 0 Å². The number of aryl methyl sites for hydroxylation is 1. The molecule has 0 aromatic heterocycles. The summed E-state index contributed by atoms with van der Waals surface area (Å²) in [7, 11) is -4.37. The van der Waals surface area contributed by atoms with Crippen molar-refractivity contribution in [2.75, 3.05) is 0 Å². The van der Waals surface area contributed by atoms with E-state index in [1.807, 2.05) is 6.07 Å². The summed E-state index contributed by atoms with van der Waals surface area (Å²) in [6, 6.07) is 6.65. The minimum absolute atomic E-state index is 0. The van der Waals surface area contributed by atoms with Crippen LogP contribution in [0.15, 0.2) is 29.2 Å². The Morgan fingerprint density at radius 1 is 0.358 bits per heavy atom. The Morgan fingerprint density at radius 2 is 0.566 bits per heavy atom. The molecule has 3 nitrogen and oxygen atoms in total. The molecular weight excluding hydrogens is 680 g/mol. The molecule has 0 N–H and O–H groups in total. The van der Waals surface area contributed by atoms with E-state index in [0.717, 1.165) is 12.8 Å². The summed E-state index contributed by atoms with van der Waals surface area (Å²) in [4.78, 5) is -0.0400. The van der Waals surface area contributed by atoms with E-state index >= 15 is 0 Å². The molecule has 0 aliphatic heterocycles. The molecule has 0 saturated carbocycles. The van der Waals surface area contributed by atoms with Crippen molar-refractivity contribution in [3.63, 3.8) is 0 Å². The Kier molecular flexibility index (Phi) is 41.9. The Labute approximate surface area is 355 Å². The second-order valence-corrected chi connectivity index (χ2v) is 17.9. The van der Waals surface area contributed by atoms with Gasteiger partial charge in [0.15, 0.2) is 0 Å². The molecule has 0 bridgehead atoms. The maximum atomic E-state index is 11.4. The van der Waals surface area contributed by atoms with Gasteiger partial charge in [-0.2, -0.15) is 0 Å². The van der Waals surface area contributed by atoms with Crippen LogP contribution in [0.4, 0.5) is 0 Å². The molecular formula is C48H89NaO3S. The predicted molar refractivity (Wildman–Crippen MR) is 228 cm³/mol. The average Bonchev–Trinajstić information content (AvgIpc) is 3.13. The summed E-state index contributed by atoms with van der Waals surface area (Å²) < 4.78 is 34.2. The molecule has 0 aliphatic carbocycles. The first-order valence-electron chi connectivity index (χ1n) is 23.6. The first-order valence-corrected chi connectivity index (χ1v) is 25.0. The Morgan fingerprint density at radius 3 is 0.792 bits per heavy atom. The summed E-state index contributed by atoms with van der Waals surface area (Å²) in [5.74, 6) is 0. The van der Waals surface area contributed by atoms with Crippen molar-refractivity contribution >= 4 is 10.1 Å². The van der Waals surface area contributed by atoms with Crippen molar-refractivity contribution in [1.29, 1.82) is 0 Å². The zero-order valence-corrected chi connectivity index (χ0v) is 38.8. The fourth-order valence-electron chi connectivity index (χ4n) is 8.06. The molecule has 5 heteroatoms. The van der Waals surface area contributed by atoms with Gasteiger partial charge in [0, 0.05) is 0 Å². The van der Waals surface area contributed by atoms with E-state index in [1.165, 1.54) is 250 Å². The van der Waals surface area contributed by atoms with Crippen LogP contribution in [0.5, 0.6) is 0 Å². The third-order valence-corrected chi connectivity index (χ3v) is 12.5. The first-order chi connectivity index (χ1) is 25.6. The summed E-state index contributed by atoms with van der Waals surface area (Å²) in [6.45, 7) is 2.30. The van der Waals surface area contributed by atoms with Crippen LogP contribution in [0, 0.1) is 0 Å². The summed E-state index contributed by atoms with van der Waals surface area (Å²) in [5, 5.41) is 0. The van der Waals surface area contributed by atoms with Gasteiger partial charge < -0.3 is 4.55 Å². The molecule has 0 fully saturated rings. The second-order valence-electron chi connectivity index (χ2n) is 16.6. The molecule has 0 radical (unpaired) electrons. The molecule has 0 aliphatic rings. The fraction of sp³-hybridized carbons (Fsp3) is 0.875. The van der Waals surface area contributed by atoms with Gasteiger partial charge in [-0.05, 0) is 24.5 Å². The van der Waals surface area contributed by atoms with Gasteiger partial charge in [-0.1, -0.05) is 276 Å². The van der Waals surface area contributed by atoms with Crippen molar-refractivity contribution in [3.05, 3.63) is 29.8 Å². The third kappa shape index (κ3) is 37.5. The van der Waals surface area contributed by atoms with Crippen molar-refractivity contribution in [2.24, 2.45) is 0 Å². The monoisotopic (exact) mass is 769 g/mol. The average molecular weight is 769 g/mol. The molecule has 0 unspecified atom stereocenters. The summed E-state index contributed by atoms with van der Waals surface area (Å²) in [6.07, 6.45) is 57.3. The van der Waals surface area contributed by atoms with Crippen molar-refractivity contribution in [1.82, 2.24) is 0 Å². The SMILES string of the molecule is CCCCCCCCCCCCCCCCCCCCCCCCCCCCCCCCCCCCCCCCCCc1ccccc1S(=O)(=O)[O-].[Na+]. The molecule has 306 valence electrons. The number of benzene rings is 1. The van der Waals surface area contributed by atoms with Crippen LogP contribution in [0.25, 0.3) is 0 Å². The fourth-order valence-corrected chi connectivity index (χ4v) is 8.80. The zero-order valence-electron chi connectivity index (χ0n) is 35.9. The van der Waals surface area contributed by atoms with E-state index in [-0.39, 0.29) is 34.5 Å². The number of hydrogen-bond donors (Lipinski definition) is 0. The zero-order chi connectivity index (χ0) is 37.5. The van der Waals surface area contributed by atoms with Crippen LogP contribution in [-0.2, 0) is 16.5 Å². The van der Waals surface area contributed by atoms with E-state index in [2.05, 4.69) is 6.92 Å². The quantitative estimate of drug-likeness (QED) is 0.0378. The van der Waals surface area contributed by atoms with E-state index in [9.17, 15) is 13.0 Å². The van der Waals surface area contributed by atoms with Crippen LogP contribution in [-0.4, -0.2) is 13.0 Å². The molecule has 0 atom stereocenters.